The molecule has 0 fully saturated rings. The molecule has 2 rings (SSSR count). The molecule has 1 aliphatic rings. The van der Waals surface area contributed by atoms with Crippen LogP contribution in [0.4, 0.5) is 0 Å². The van der Waals surface area contributed by atoms with E-state index in [4.69, 9.17) is 4.74 Å². The van der Waals surface area contributed by atoms with Gasteiger partial charge >= 0.3 is 0 Å². The van der Waals surface area contributed by atoms with Gasteiger partial charge in [0.1, 0.15) is 11.9 Å². The molecule has 0 aromatic heterocycles. The third-order valence-electron chi connectivity index (χ3n) is 2.84. The van der Waals surface area contributed by atoms with Crippen LogP contribution in [-0.4, -0.2) is 34.7 Å². The summed E-state index contributed by atoms with van der Waals surface area (Å²) in [7, 11) is -1.64. The predicted molar refractivity (Wildman–Crippen MR) is 69.4 cm³/mol. The molecule has 18 heavy (non-hydrogen) atoms. The Morgan fingerprint density at radius 2 is 2.17 bits per heavy atom. The lowest BCUT2D eigenvalue weighted by Crippen LogP contribution is -2.30. The van der Waals surface area contributed by atoms with Crippen LogP contribution >= 0.6 is 0 Å². The first-order valence-corrected chi connectivity index (χ1v) is 7.45. The average Bonchev–Trinajstić information content (AvgIpc) is 2.68. The third-order valence-corrected chi connectivity index (χ3v) is 4.30. The smallest absolute Gasteiger partial charge is 0.240 e. The van der Waals surface area contributed by atoms with Gasteiger partial charge in [-0.05, 0) is 37.7 Å². The van der Waals surface area contributed by atoms with E-state index in [9.17, 15) is 8.42 Å². The van der Waals surface area contributed by atoms with Crippen molar-refractivity contribution in [3.8, 4) is 5.75 Å². The number of rotatable bonds is 5. The maximum Gasteiger partial charge on any atom is 0.240 e. The molecule has 2 N–H and O–H groups in total. The lowest BCUT2D eigenvalue weighted by atomic mass is 10.1. The first-order chi connectivity index (χ1) is 8.53. The Bertz CT molecular complexity index is 528. The van der Waals surface area contributed by atoms with Crippen molar-refractivity contribution in [2.24, 2.45) is 0 Å². The second-order valence-corrected chi connectivity index (χ2v) is 6.17. The van der Waals surface area contributed by atoms with Crippen molar-refractivity contribution < 1.29 is 13.2 Å². The highest BCUT2D eigenvalue weighted by molar-refractivity contribution is 7.89. The zero-order valence-electron chi connectivity index (χ0n) is 10.6. The maximum absolute atomic E-state index is 12.0. The van der Waals surface area contributed by atoms with Gasteiger partial charge in [-0.2, -0.15) is 0 Å². The summed E-state index contributed by atoms with van der Waals surface area (Å²) in [5.74, 6) is 0.789. The molecular formula is C12H18N2O3S. The molecule has 0 saturated heterocycles. The number of hydrogen-bond acceptors (Lipinski definition) is 4. The van der Waals surface area contributed by atoms with Crippen molar-refractivity contribution in [1.82, 2.24) is 10.0 Å². The number of likely N-dealkylation sites (N-methyl/N-ethyl adjacent to an activating group) is 1. The van der Waals surface area contributed by atoms with Crippen molar-refractivity contribution in [2.75, 3.05) is 20.1 Å². The topological polar surface area (TPSA) is 67.4 Å². The molecule has 0 radical (unpaired) electrons. The summed E-state index contributed by atoms with van der Waals surface area (Å²) in [6, 6.07) is 5.00. The Kier molecular flexibility index (Phi) is 3.89. The fourth-order valence-electron chi connectivity index (χ4n) is 1.96. The van der Waals surface area contributed by atoms with Gasteiger partial charge in [0.2, 0.25) is 10.0 Å². The third kappa shape index (κ3) is 2.82. The minimum Gasteiger partial charge on any atom is -0.490 e. The average molecular weight is 270 g/mol. The highest BCUT2D eigenvalue weighted by Gasteiger charge is 2.22. The van der Waals surface area contributed by atoms with Gasteiger partial charge in [0.15, 0.2) is 0 Å². The zero-order chi connectivity index (χ0) is 13.2. The highest BCUT2D eigenvalue weighted by Crippen LogP contribution is 2.30. The van der Waals surface area contributed by atoms with Crippen LogP contribution in [0.15, 0.2) is 23.1 Å². The lowest BCUT2D eigenvalue weighted by molar-refractivity contribution is 0.254. The van der Waals surface area contributed by atoms with Crippen LogP contribution in [0.5, 0.6) is 5.75 Å². The Hall–Kier alpha value is -1.11. The minimum absolute atomic E-state index is 0.121. The SMILES string of the molecule is CNCCNS(=O)(=O)c1ccc2c(c1)CC(C)O2. The van der Waals surface area contributed by atoms with Crippen LogP contribution in [0.3, 0.4) is 0 Å². The highest BCUT2D eigenvalue weighted by atomic mass is 32.2. The van der Waals surface area contributed by atoms with Crippen molar-refractivity contribution in [2.45, 2.75) is 24.3 Å². The van der Waals surface area contributed by atoms with Crippen LogP contribution in [0.25, 0.3) is 0 Å². The van der Waals surface area contributed by atoms with Gasteiger partial charge in [-0.15, -0.1) is 0 Å². The summed E-state index contributed by atoms with van der Waals surface area (Å²) in [5, 5.41) is 2.89. The molecule has 100 valence electrons. The molecule has 0 saturated carbocycles. The lowest BCUT2D eigenvalue weighted by Gasteiger charge is -2.07. The van der Waals surface area contributed by atoms with Crippen LogP contribution in [0.1, 0.15) is 12.5 Å². The van der Waals surface area contributed by atoms with Gasteiger partial charge in [-0.3, -0.25) is 0 Å². The summed E-state index contributed by atoms with van der Waals surface area (Å²) in [5.41, 5.74) is 0.957. The van der Waals surface area contributed by atoms with E-state index in [0.717, 1.165) is 17.7 Å². The first-order valence-electron chi connectivity index (χ1n) is 5.97. The molecule has 0 aliphatic carbocycles. The van der Waals surface area contributed by atoms with Gasteiger partial charge in [-0.1, -0.05) is 0 Å². The van der Waals surface area contributed by atoms with E-state index in [1.54, 1.807) is 25.2 Å². The number of ether oxygens (including phenoxy) is 1. The van der Waals surface area contributed by atoms with Gasteiger partial charge in [-0.25, -0.2) is 13.1 Å². The number of benzene rings is 1. The molecule has 1 atom stereocenters. The predicted octanol–water partition coefficient (Wildman–Crippen LogP) is 0.508. The number of fused-ring (bicyclic) bond motifs is 1. The number of sulfonamides is 1. The fraction of sp³-hybridized carbons (Fsp3) is 0.500. The summed E-state index contributed by atoms with van der Waals surface area (Å²) in [6.07, 6.45) is 0.880. The normalized spacial score (nSPS) is 18.4. The van der Waals surface area contributed by atoms with Crippen LogP contribution in [0.2, 0.25) is 0 Å². The van der Waals surface area contributed by atoms with Crippen molar-refractivity contribution in [3.63, 3.8) is 0 Å². The van der Waals surface area contributed by atoms with E-state index in [1.807, 2.05) is 6.92 Å². The van der Waals surface area contributed by atoms with E-state index in [2.05, 4.69) is 10.0 Å². The fourth-order valence-corrected chi connectivity index (χ4v) is 3.04. The minimum atomic E-state index is -3.42. The molecule has 0 spiro atoms. The molecule has 1 aromatic rings. The molecule has 6 heteroatoms. The quantitative estimate of drug-likeness (QED) is 0.765. The molecule has 0 bridgehead atoms. The van der Waals surface area contributed by atoms with E-state index in [-0.39, 0.29) is 6.10 Å². The summed E-state index contributed by atoms with van der Waals surface area (Å²) >= 11 is 0. The number of nitrogens with one attached hydrogen (secondary N) is 2. The summed E-state index contributed by atoms with van der Waals surface area (Å²) in [6.45, 7) is 2.95. The van der Waals surface area contributed by atoms with E-state index < -0.39 is 10.0 Å². The zero-order valence-corrected chi connectivity index (χ0v) is 11.4. The summed E-state index contributed by atoms with van der Waals surface area (Å²) in [4.78, 5) is 0.301. The Labute approximate surface area is 108 Å². The van der Waals surface area contributed by atoms with Crippen LogP contribution < -0.4 is 14.8 Å². The first kappa shape index (κ1) is 13.3. The van der Waals surface area contributed by atoms with Crippen LogP contribution in [0, 0.1) is 0 Å². The number of hydrogen-bond donors (Lipinski definition) is 2. The van der Waals surface area contributed by atoms with Gasteiger partial charge in [0.25, 0.3) is 0 Å². The van der Waals surface area contributed by atoms with E-state index >= 15 is 0 Å². The molecule has 1 aromatic carbocycles. The standard InChI is InChI=1S/C12H18N2O3S/c1-9-7-10-8-11(3-4-12(10)17-9)18(15,16)14-6-5-13-2/h3-4,8-9,13-14H,5-7H2,1-2H3. The molecule has 1 heterocycles. The van der Waals surface area contributed by atoms with E-state index in [0.29, 0.717) is 18.0 Å². The van der Waals surface area contributed by atoms with Crippen molar-refractivity contribution in [1.29, 1.82) is 0 Å². The van der Waals surface area contributed by atoms with Gasteiger partial charge < -0.3 is 10.1 Å². The Morgan fingerprint density at radius 3 is 2.89 bits per heavy atom. The molecule has 5 nitrogen and oxygen atoms in total. The van der Waals surface area contributed by atoms with Crippen LogP contribution in [-0.2, 0) is 16.4 Å². The second kappa shape index (κ2) is 5.26. The molecule has 0 amide bonds. The Balaban J connectivity index is 2.17. The molecule has 1 aliphatic heterocycles. The van der Waals surface area contributed by atoms with Crippen molar-refractivity contribution >= 4 is 10.0 Å². The summed E-state index contributed by atoms with van der Waals surface area (Å²) < 4.78 is 32.1. The molecular weight excluding hydrogens is 252 g/mol. The Morgan fingerprint density at radius 1 is 1.39 bits per heavy atom. The van der Waals surface area contributed by atoms with E-state index in [1.165, 1.54) is 0 Å². The van der Waals surface area contributed by atoms with Gasteiger partial charge in [0, 0.05) is 19.5 Å². The van der Waals surface area contributed by atoms with Crippen molar-refractivity contribution in [3.05, 3.63) is 23.8 Å². The largest absolute Gasteiger partial charge is 0.490 e. The monoisotopic (exact) mass is 270 g/mol. The maximum atomic E-state index is 12.0. The van der Waals surface area contributed by atoms with Gasteiger partial charge in [0.05, 0.1) is 4.90 Å². The second-order valence-electron chi connectivity index (χ2n) is 4.40. The molecule has 1 unspecified atom stereocenters.